The summed E-state index contributed by atoms with van der Waals surface area (Å²) in [6, 6.07) is 21.7. The Labute approximate surface area is 215 Å². The van der Waals surface area contributed by atoms with Crippen LogP contribution in [-0.4, -0.2) is 57.3 Å². The number of nitrogens with one attached hydrogen (secondary N) is 2. The Morgan fingerprint density at radius 2 is 1.86 bits per heavy atom. The van der Waals surface area contributed by atoms with Crippen LogP contribution in [0.5, 0.6) is 0 Å². The molecule has 0 aliphatic carbocycles. The van der Waals surface area contributed by atoms with Crippen molar-refractivity contribution in [1.82, 2.24) is 25.1 Å². The maximum atomic E-state index is 13.0. The number of anilines is 3. The number of methoxy groups -OCH3 is 1. The maximum absolute atomic E-state index is 13.0. The molecule has 2 N–H and O–H groups in total. The first kappa shape index (κ1) is 23.2. The Balaban J connectivity index is 1.29. The van der Waals surface area contributed by atoms with Crippen molar-refractivity contribution in [2.24, 2.45) is 0 Å². The van der Waals surface area contributed by atoms with Gasteiger partial charge in [-0.15, -0.1) is 0 Å². The zero-order valence-corrected chi connectivity index (χ0v) is 20.7. The van der Waals surface area contributed by atoms with E-state index in [0.717, 1.165) is 41.9 Å². The third-order valence-corrected chi connectivity index (χ3v) is 6.98. The lowest BCUT2D eigenvalue weighted by atomic mass is 10.1. The summed E-state index contributed by atoms with van der Waals surface area (Å²) < 4.78 is 5.46. The molecule has 0 spiro atoms. The summed E-state index contributed by atoms with van der Waals surface area (Å²) in [4.78, 5) is 26.9. The first-order chi connectivity index (χ1) is 18.2. The molecule has 1 saturated heterocycles. The molecule has 188 valence electrons. The topological polar surface area (TPSA) is 99.3 Å². The van der Waals surface area contributed by atoms with Crippen LogP contribution in [0.3, 0.4) is 0 Å². The van der Waals surface area contributed by atoms with Gasteiger partial charge in [-0.05, 0) is 25.0 Å². The van der Waals surface area contributed by atoms with Gasteiger partial charge in [-0.25, -0.2) is 4.98 Å². The number of amides is 1. The van der Waals surface area contributed by atoms with Gasteiger partial charge in [0.1, 0.15) is 5.82 Å². The minimum absolute atomic E-state index is 0.00468. The maximum Gasteiger partial charge on any atom is 0.254 e. The second kappa shape index (κ2) is 10.0. The molecule has 9 nitrogen and oxygen atoms in total. The molecule has 2 aliphatic heterocycles. The van der Waals surface area contributed by atoms with E-state index in [-0.39, 0.29) is 11.9 Å². The number of rotatable bonds is 7. The van der Waals surface area contributed by atoms with Crippen LogP contribution in [0.1, 0.15) is 34.5 Å². The fourth-order valence-corrected chi connectivity index (χ4v) is 5.12. The molecule has 1 amide bonds. The van der Waals surface area contributed by atoms with E-state index < -0.39 is 0 Å². The van der Waals surface area contributed by atoms with Gasteiger partial charge in [0.15, 0.2) is 5.82 Å². The summed E-state index contributed by atoms with van der Waals surface area (Å²) in [5, 5.41) is 11.0. The van der Waals surface area contributed by atoms with Crippen molar-refractivity contribution < 1.29 is 9.53 Å². The number of ether oxygens (including phenoxy) is 1. The molecule has 2 aliphatic rings. The highest BCUT2D eigenvalue weighted by atomic mass is 16.5. The van der Waals surface area contributed by atoms with Gasteiger partial charge in [0, 0.05) is 36.4 Å². The summed E-state index contributed by atoms with van der Waals surface area (Å²) >= 11 is 0. The fraction of sp³-hybridized carbons (Fsp3) is 0.286. The smallest absolute Gasteiger partial charge is 0.254 e. The summed E-state index contributed by atoms with van der Waals surface area (Å²) in [6.45, 7) is 2.50. The van der Waals surface area contributed by atoms with Crippen molar-refractivity contribution in [3.63, 3.8) is 0 Å². The second-order valence-corrected chi connectivity index (χ2v) is 9.43. The SMILES string of the molecule is COC[C@@H]1CCCN1c1nc(Nc2n[nH]c3c2CN(C(=O)c2ccccc2)C3)cc(-c2ccccc2)n1. The van der Waals surface area contributed by atoms with E-state index in [2.05, 4.69) is 20.4 Å². The molecule has 0 radical (unpaired) electrons. The molecule has 37 heavy (non-hydrogen) atoms. The molecular weight excluding hydrogens is 466 g/mol. The summed E-state index contributed by atoms with van der Waals surface area (Å²) in [5.74, 6) is 2.02. The predicted molar refractivity (Wildman–Crippen MR) is 142 cm³/mol. The Morgan fingerprint density at radius 3 is 2.65 bits per heavy atom. The van der Waals surface area contributed by atoms with Gasteiger partial charge in [-0.2, -0.15) is 10.1 Å². The minimum atomic E-state index is 0.00468. The molecule has 6 rings (SSSR count). The van der Waals surface area contributed by atoms with Crippen molar-refractivity contribution in [3.05, 3.63) is 83.6 Å². The van der Waals surface area contributed by atoms with E-state index in [1.54, 1.807) is 7.11 Å². The lowest BCUT2D eigenvalue weighted by Crippen LogP contribution is -2.34. The second-order valence-electron chi connectivity index (χ2n) is 9.43. The van der Waals surface area contributed by atoms with Crippen molar-refractivity contribution in [1.29, 1.82) is 0 Å². The summed E-state index contributed by atoms with van der Waals surface area (Å²) in [6.07, 6.45) is 2.13. The fourth-order valence-electron chi connectivity index (χ4n) is 5.12. The number of carbonyl (C=O) groups is 1. The largest absolute Gasteiger partial charge is 0.383 e. The minimum Gasteiger partial charge on any atom is -0.383 e. The third kappa shape index (κ3) is 4.65. The number of aromatic amines is 1. The Kier molecular flexibility index (Phi) is 6.28. The zero-order chi connectivity index (χ0) is 25.2. The molecule has 1 fully saturated rings. The first-order valence-electron chi connectivity index (χ1n) is 12.6. The van der Waals surface area contributed by atoms with Crippen LogP contribution in [-0.2, 0) is 17.8 Å². The molecular formula is C28H29N7O2. The number of aromatic nitrogens is 4. The number of H-pyrrole nitrogens is 1. The Morgan fingerprint density at radius 1 is 1.08 bits per heavy atom. The summed E-state index contributed by atoms with van der Waals surface area (Å²) in [7, 11) is 1.73. The first-order valence-corrected chi connectivity index (χ1v) is 12.6. The highest BCUT2D eigenvalue weighted by molar-refractivity contribution is 5.94. The van der Waals surface area contributed by atoms with Gasteiger partial charge in [0.25, 0.3) is 5.91 Å². The predicted octanol–water partition coefficient (Wildman–Crippen LogP) is 4.38. The molecule has 9 heteroatoms. The van der Waals surface area contributed by atoms with E-state index in [9.17, 15) is 4.79 Å². The standard InChI is InChI=1S/C28H29N7O2/c1-37-18-21-13-8-14-35(21)28-29-23(19-9-4-2-5-10-19)15-25(31-28)30-26-22-16-34(17-24(22)32-33-26)27(36)20-11-6-3-7-12-20/h2-7,9-12,15,21H,8,13-14,16-18H2,1H3,(H2,29,30,31,32,33)/t21-/m0/s1. The lowest BCUT2D eigenvalue weighted by molar-refractivity contribution is 0.0750. The monoisotopic (exact) mass is 495 g/mol. The van der Waals surface area contributed by atoms with Gasteiger partial charge in [-0.3, -0.25) is 9.89 Å². The van der Waals surface area contributed by atoms with E-state index in [0.29, 0.717) is 42.8 Å². The molecule has 2 aromatic heterocycles. The Hall–Kier alpha value is -4.24. The van der Waals surface area contributed by atoms with E-state index in [4.69, 9.17) is 14.7 Å². The number of nitrogens with zero attached hydrogens (tertiary/aromatic N) is 5. The van der Waals surface area contributed by atoms with Crippen LogP contribution in [0.25, 0.3) is 11.3 Å². The number of carbonyl (C=O) groups excluding carboxylic acids is 1. The lowest BCUT2D eigenvalue weighted by Gasteiger charge is -2.25. The molecule has 0 unspecified atom stereocenters. The van der Waals surface area contributed by atoms with Crippen LogP contribution in [0.15, 0.2) is 66.7 Å². The Bertz CT molecular complexity index is 1390. The van der Waals surface area contributed by atoms with Crippen LogP contribution in [0.4, 0.5) is 17.6 Å². The highest BCUT2D eigenvalue weighted by Gasteiger charge is 2.30. The molecule has 4 heterocycles. The zero-order valence-electron chi connectivity index (χ0n) is 20.7. The van der Waals surface area contributed by atoms with Crippen molar-refractivity contribution >= 4 is 23.5 Å². The van der Waals surface area contributed by atoms with Crippen LogP contribution in [0, 0.1) is 0 Å². The highest BCUT2D eigenvalue weighted by Crippen LogP contribution is 2.32. The van der Waals surface area contributed by atoms with Gasteiger partial charge in [0.05, 0.1) is 37.1 Å². The number of hydrogen-bond acceptors (Lipinski definition) is 7. The van der Waals surface area contributed by atoms with Crippen molar-refractivity contribution in [3.8, 4) is 11.3 Å². The number of fused-ring (bicyclic) bond motifs is 1. The van der Waals surface area contributed by atoms with E-state index >= 15 is 0 Å². The van der Waals surface area contributed by atoms with Gasteiger partial charge in [0.2, 0.25) is 5.95 Å². The molecule has 0 bridgehead atoms. The number of benzene rings is 2. The van der Waals surface area contributed by atoms with Crippen LogP contribution < -0.4 is 10.2 Å². The molecule has 4 aromatic rings. The quantitative estimate of drug-likeness (QED) is 0.392. The van der Waals surface area contributed by atoms with Gasteiger partial charge >= 0.3 is 0 Å². The normalized spacial score (nSPS) is 16.7. The third-order valence-electron chi connectivity index (χ3n) is 6.98. The van der Waals surface area contributed by atoms with Gasteiger partial charge in [-0.1, -0.05) is 48.5 Å². The van der Waals surface area contributed by atoms with Crippen LogP contribution >= 0.6 is 0 Å². The van der Waals surface area contributed by atoms with E-state index in [1.165, 1.54) is 0 Å². The van der Waals surface area contributed by atoms with Gasteiger partial charge < -0.3 is 19.9 Å². The van der Waals surface area contributed by atoms with E-state index in [1.807, 2.05) is 71.6 Å². The van der Waals surface area contributed by atoms with Crippen LogP contribution in [0.2, 0.25) is 0 Å². The van der Waals surface area contributed by atoms with Crippen molar-refractivity contribution in [2.45, 2.75) is 32.0 Å². The molecule has 0 saturated carbocycles. The molecule has 1 atom stereocenters. The average Bonchev–Trinajstić information content (AvgIpc) is 3.67. The average molecular weight is 496 g/mol. The number of hydrogen-bond donors (Lipinski definition) is 2. The summed E-state index contributed by atoms with van der Waals surface area (Å²) in [5.41, 5.74) is 4.44. The van der Waals surface area contributed by atoms with Crippen molar-refractivity contribution in [2.75, 3.05) is 30.5 Å². The molecule has 2 aromatic carbocycles.